The number of piperidine rings is 1. The van der Waals surface area contributed by atoms with Crippen molar-refractivity contribution in [3.05, 3.63) is 71.9 Å². The first-order valence-electron chi connectivity index (χ1n) is 10.3. The summed E-state index contributed by atoms with van der Waals surface area (Å²) in [7, 11) is 0. The first-order valence-corrected chi connectivity index (χ1v) is 11.1. The van der Waals surface area contributed by atoms with Gasteiger partial charge in [-0.25, -0.2) is 9.78 Å². The second kappa shape index (κ2) is 8.69. The van der Waals surface area contributed by atoms with Crippen LogP contribution in [0.3, 0.4) is 0 Å². The number of benzene rings is 2. The van der Waals surface area contributed by atoms with Crippen LogP contribution in [0.4, 0.5) is 9.93 Å². The Morgan fingerprint density at radius 3 is 2.52 bits per heavy atom. The Morgan fingerprint density at radius 1 is 1.00 bits per heavy atom. The number of hydrogen-bond donors (Lipinski definition) is 1. The Morgan fingerprint density at radius 2 is 1.74 bits per heavy atom. The third kappa shape index (κ3) is 4.20. The average molecular weight is 432 g/mol. The van der Waals surface area contributed by atoms with E-state index in [2.05, 4.69) is 20.4 Å². The lowest BCUT2D eigenvalue weighted by atomic mass is 10.0. The molecule has 156 valence electrons. The second-order valence-electron chi connectivity index (χ2n) is 7.36. The van der Waals surface area contributed by atoms with Gasteiger partial charge in [0.05, 0.1) is 5.69 Å². The van der Waals surface area contributed by atoms with Crippen LogP contribution in [0.5, 0.6) is 0 Å². The molecule has 1 fully saturated rings. The number of hydrogen-bond acceptors (Lipinski definition) is 6. The van der Waals surface area contributed by atoms with Gasteiger partial charge in [0, 0.05) is 23.1 Å². The van der Waals surface area contributed by atoms with Crippen molar-refractivity contribution in [3.63, 3.8) is 0 Å². The van der Waals surface area contributed by atoms with Crippen LogP contribution in [0.1, 0.15) is 31.2 Å². The molecule has 1 N–H and O–H groups in total. The van der Waals surface area contributed by atoms with Crippen molar-refractivity contribution in [2.75, 3.05) is 11.9 Å². The van der Waals surface area contributed by atoms with Crippen molar-refractivity contribution in [2.24, 2.45) is 0 Å². The van der Waals surface area contributed by atoms with E-state index in [1.165, 1.54) is 11.3 Å². The number of anilines is 1. The molecule has 1 saturated heterocycles. The largest absolute Gasteiger partial charge is 0.337 e. The van der Waals surface area contributed by atoms with Gasteiger partial charge in [-0.2, -0.15) is 4.98 Å². The average Bonchev–Trinajstić information content (AvgIpc) is 3.50. The fourth-order valence-electron chi connectivity index (χ4n) is 3.74. The molecule has 4 aromatic rings. The van der Waals surface area contributed by atoms with Crippen LogP contribution < -0.4 is 5.32 Å². The van der Waals surface area contributed by atoms with Gasteiger partial charge < -0.3 is 9.42 Å². The maximum atomic E-state index is 13.1. The van der Waals surface area contributed by atoms with Crippen LogP contribution in [-0.2, 0) is 0 Å². The molecule has 3 heterocycles. The Bertz CT molecular complexity index is 1160. The number of aromatic nitrogens is 3. The molecule has 0 saturated carbocycles. The number of thiazole rings is 1. The monoisotopic (exact) mass is 431 g/mol. The van der Waals surface area contributed by atoms with E-state index in [0.29, 0.717) is 23.4 Å². The summed E-state index contributed by atoms with van der Waals surface area (Å²) in [5.74, 6) is 1.01. The van der Waals surface area contributed by atoms with Crippen LogP contribution >= 0.6 is 11.3 Å². The molecule has 5 rings (SSSR count). The van der Waals surface area contributed by atoms with E-state index in [0.717, 1.165) is 36.1 Å². The summed E-state index contributed by atoms with van der Waals surface area (Å²) in [6, 6.07) is 19.2. The summed E-state index contributed by atoms with van der Waals surface area (Å²) in [5.41, 5.74) is 2.76. The van der Waals surface area contributed by atoms with E-state index >= 15 is 0 Å². The minimum atomic E-state index is -0.243. The van der Waals surface area contributed by atoms with Crippen molar-refractivity contribution in [3.8, 4) is 22.6 Å². The predicted molar refractivity (Wildman–Crippen MR) is 120 cm³/mol. The number of nitrogens with one attached hydrogen (secondary N) is 1. The summed E-state index contributed by atoms with van der Waals surface area (Å²) >= 11 is 1.41. The Kier molecular flexibility index (Phi) is 5.45. The van der Waals surface area contributed by atoms with Crippen LogP contribution in [0.2, 0.25) is 0 Å². The molecule has 2 aromatic carbocycles. The second-order valence-corrected chi connectivity index (χ2v) is 8.22. The van der Waals surface area contributed by atoms with Gasteiger partial charge in [-0.3, -0.25) is 5.32 Å². The van der Waals surface area contributed by atoms with Gasteiger partial charge in [0.15, 0.2) is 5.13 Å². The lowest BCUT2D eigenvalue weighted by Crippen LogP contribution is -2.41. The SMILES string of the molecule is O=C(Nc1nc(-c2ccccc2)cs1)N1CCCCC1c1nc(-c2ccccc2)no1. The fourth-order valence-corrected chi connectivity index (χ4v) is 4.45. The van der Waals surface area contributed by atoms with Gasteiger partial charge in [-0.1, -0.05) is 65.8 Å². The van der Waals surface area contributed by atoms with Crippen molar-refractivity contribution in [1.82, 2.24) is 20.0 Å². The maximum Gasteiger partial charge on any atom is 0.324 e. The Hall–Kier alpha value is -3.52. The Labute approximate surface area is 183 Å². The summed E-state index contributed by atoms with van der Waals surface area (Å²) in [6.07, 6.45) is 2.74. The third-order valence-corrected chi connectivity index (χ3v) is 6.07. The number of rotatable bonds is 4. The first kappa shape index (κ1) is 19.4. The Balaban J connectivity index is 1.32. The minimum Gasteiger partial charge on any atom is -0.337 e. The number of amides is 2. The van der Waals surface area contributed by atoms with Gasteiger partial charge in [-0.05, 0) is 19.3 Å². The van der Waals surface area contributed by atoms with Gasteiger partial charge >= 0.3 is 6.03 Å². The van der Waals surface area contributed by atoms with Gasteiger partial charge in [-0.15, -0.1) is 11.3 Å². The van der Waals surface area contributed by atoms with E-state index in [4.69, 9.17) is 4.52 Å². The van der Waals surface area contributed by atoms with E-state index in [1.807, 2.05) is 66.0 Å². The minimum absolute atomic E-state index is 0.196. The first-order chi connectivity index (χ1) is 15.3. The highest BCUT2D eigenvalue weighted by molar-refractivity contribution is 7.14. The van der Waals surface area contributed by atoms with Crippen LogP contribution in [0, 0.1) is 0 Å². The quantitative estimate of drug-likeness (QED) is 0.453. The molecule has 7 nitrogen and oxygen atoms in total. The van der Waals surface area contributed by atoms with Gasteiger partial charge in [0.25, 0.3) is 0 Å². The van der Waals surface area contributed by atoms with Crippen molar-refractivity contribution in [1.29, 1.82) is 0 Å². The molecular weight excluding hydrogens is 410 g/mol. The van der Waals surface area contributed by atoms with Crippen molar-refractivity contribution >= 4 is 22.5 Å². The zero-order valence-corrected chi connectivity index (χ0v) is 17.6. The highest BCUT2D eigenvalue weighted by Gasteiger charge is 2.32. The summed E-state index contributed by atoms with van der Waals surface area (Å²) in [5, 5.41) is 9.59. The highest BCUT2D eigenvalue weighted by atomic mass is 32.1. The van der Waals surface area contributed by atoms with Gasteiger partial charge in [0.2, 0.25) is 11.7 Å². The van der Waals surface area contributed by atoms with Crippen molar-refractivity contribution in [2.45, 2.75) is 25.3 Å². The molecular formula is C23H21N5O2S. The molecule has 1 atom stereocenters. The molecule has 0 spiro atoms. The van der Waals surface area contributed by atoms with Gasteiger partial charge in [0.1, 0.15) is 6.04 Å². The highest BCUT2D eigenvalue weighted by Crippen LogP contribution is 2.32. The van der Waals surface area contributed by atoms with E-state index in [-0.39, 0.29) is 12.1 Å². The number of urea groups is 1. The fraction of sp³-hybridized carbons (Fsp3) is 0.217. The molecule has 1 aliphatic heterocycles. The smallest absolute Gasteiger partial charge is 0.324 e. The topological polar surface area (TPSA) is 84.2 Å². The zero-order chi connectivity index (χ0) is 21.0. The molecule has 31 heavy (non-hydrogen) atoms. The van der Waals surface area contributed by atoms with E-state index in [1.54, 1.807) is 4.90 Å². The summed E-state index contributed by atoms with van der Waals surface area (Å²) in [4.78, 5) is 24.0. The zero-order valence-electron chi connectivity index (χ0n) is 16.8. The number of likely N-dealkylation sites (tertiary alicyclic amines) is 1. The number of nitrogens with zero attached hydrogens (tertiary/aromatic N) is 4. The van der Waals surface area contributed by atoms with E-state index in [9.17, 15) is 4.79 Å². The molecule has 0 radical (unpaired) electrons. The van der Waals surface area contributed by atoms with Crippen LogP contribution in [-0.4, -0.2) is 32.6 Å². The molecule has 2 amide bonds. The molecule has 0 bridgehead atoms. The van der Waals surface area contributed by atoms with E-state index < -0.39 is 0 Å². The lowest BCUT2D eigenvalue weighted by molar-refractivity contribution is 0.142. The number of carbonyl (C=O) groups is 1. The van der Waals surface area contributed by atoms with Crippen LogP contribution in [0.15, 0.2) is 70.6 Å². The molecule has 0 aliphatic carbocycles. The van der Waals surface area contributed by atoms with Crippen LogP contribution in [0.25, 0.3) is 22.6 Å². The summed E-state index contributed by atoms with van der Waals surface area (Å²) in [6.45, 7) is 0.635. The normalized spacial score (nSPS) is 16.3. The maximum absolute atomic E-state index is 13.1. The lowest BCUT2D eigenvalue weighted by Gasteiger charge is -2.33. The van der Waals surface area contributed by atoms with Crippen molar-refractivity contribution < 1.29 is 9.32 Å². The molecule has 1 unspecified atom stereocenters. The third-order valence-electron chi connectivity index (χ3n) is 5.31. The number of carbonyl (C=O) groups excluding carboxylic acids is 1. The molecule has 8 heteroatoms. The standard InChI is InChI=1S/C23H21N5O2S/c29-23(26-22-24-18(15-31-22)16-9-3-1-4-10-16)28-14-8-7-13-19(28)21-25-20(27-30-21)17-11-5-2-6-12-17/h1-6,9-12,15,19H,7-8,13-14H2,(H,24,26,29). The molecule has 2 aromatic heterocycles. The summed E-state index contributed by atoms with van der Waals surface area (Å²) < 4.78 is 5.56. The molecule has 1 aliphatic rings. The predicted octanol–water partition coefficient (Wildman–Crippen LogP) is 5.62.